The summed E-state index contributed by atoms with van der Waals surface area (Å²) in [6, 6.07) is 0.672. The molecule has 1 saturated carbocycles. The van der Waals surface area contributed by atoms with Crippen LogP contribution in [0.1, 0.15) is 38.8 Å². The van der Waals surface area contributed by atoms with E-state index in [1.54, 1.807) is 11.3 Å². The molecule has 2 unspecified atom stereocenters. The number of nitrogens with zero attached hydrogens (tertiary/aromatic N) is 2. The third-order valence-corrected chi connectivity index (χ3v) is 4.98. The second-order valence-corrected chi connectivity index (χ2v) is 7.46. The summed E-state index contributed by atoms with van der Waals surface area (Å²) in [6.07, 6.45) is 3.96. The van der Waals surface area contributed by atoms with Gasteiger partial charge in [0.15, 0.2) is 0 Å². The molecule has 3 nitrogen and oxygen atoms in total. The van der Waals surface area contributed by atoms with Gasteiger partial charge in [-0.1, -0.05) is 13.8 Å². The van der Waals surface area contributed by atoms with Gasteiger partial charge >= 0.3 is 0 Å². The maximum atomic E-state index is 4.38. The number of hydrogen-bond donors (Lipinski definition) is 1. The lowest BCUT2D eigenvalue weighted by atomic mass is 9.70. The first-order chi connectivity index (χ1) is 9.00. The molecular formula is C15H27N3S. The van der Waals surface area contributed by atoms with Crippen LogP contribution in [0.15, 0.2) is 10.9 Å². The second kappa shape index (κ2) is 6.33. The van der Waals surface area contributed by atoms with Gasteiger partial charge in [-0.3, -0.25) is 0 Å². The highest BCUT2D eigenvalue weighted by molar-refractivity contribution is 7.07. The van der Waals surface area contributed by atoms with Gasteiger partial charge < -0.3 is 10.2 Å². The van der Waals surface area contributed by atoms with Crippen LogP contribution in [0.5, 0.6) is 0 Å². The van der Waals surface area contributed by atoms with Gasteiger partial charge in [0, 0.05) is 24.5 Å². The van der Waals surface area contributed by atoms with Crippen molar-refractivity contribution in [3.8, 4) is 0 Å². The van der Waals surface area contributed by atoms with E-state index in [0.717, 1.165) is 19.0 Å². The highest BCUT2D eigenvalue weighted by atomic mass is 32.1. The molecule has 1 aliphatic rings. The van der Waals surface area contributed by atoms with Gasteiger partial charge in [0.1, 0.15) is 0 Å². The van der Waals surface area contributed by atoms with E-state index >= 15 is 0 Å². The molecular weight excluding hydrogens is 254 g/mol. The molecule has 0 radical (unpaired) electrons. The predicted molar refractivity (Wildman–Crippen MR) is 82.4 cm³/mol. The van der Waals surface area contributed by atoms with Crippen molar-refractivity contribution in [3.63, 3.8) is 0 Å². The average Bonchev–Trinajstić information content (AvgIpc) is 2.81. The molecule has 2 rings (SSSR count). The summed E-state index contributed by atoms with van der Waals surface area (Å²) in [6.45, 7) is 6.95. The Hall–Kier alpha value is -0.450. The number of thiazole rings is 1. The van der Waals surface area contributed by atoms with Gasteiger partial charge in [-0.2, -0.15) is 0 Å². The Bertz CT molecular complexity index is 375. The summed E-state index contributed by atoms with van der Waals surface area (Å²) in [5.74, 6) is 0.748. The van der Waals surface area contributed by atoms with Gasteiger partial charge in [0.2, 0.25) is 0 Å². The first-order valence-corrected chi connectivity index (χ1v) is 8.17. The maximum Gasteiger partial charge on any atom is 0.0795 e. The standard InChI is InChI=1S/C15H27N3S/c1-15(2)6-5-14(16-3)12(7-15)8-18(4)9-13-10-19-11-17-13/h10-12,14,16H,5-9H2,1-4H3. The second-order valence-electron chi connectivity index (χ2n) is 6.74. The molecule has 1 aromatic heterocycles. The topological polar surface area (TPSA) is 28.2 Å². The molecule has 0 bridgehead atoms. The lowest BCUT2D eigenvalue weighted by molar-refractivity contribution is 0.110. The van der Waals surface area contributed by atoms with Crippen molar-refractivity contribution in [2.24, 2.45) is 11.3 Å². The Kier molecular flexibility index (Phi) is 4.98. The van der Waals surface area contributed by atoms with E-state index in [9.17, 15) is 0 Å². The van der Waals surface area contributed by atoms with E-state index in [0.29, 0.717) is 11.5 Å². The summed E-state index contributed by atoms with van der Waals surface area (Å²) in [4.78, 5) is 6.80. The Balaban J connectivity index is 1.91. The number of aromatic nitrogens is 1. The van der Waals surface area contributed by atoms with Crippen molar-refractivity contribution in [1.82, 2.24) is 15.2 Å². The zero-order valence-corrected chi connectivity index (χ0v) is 13.5. The van der Waals surface area contributed by atoms with Crippen LogP contribution in [0.2, 0.25) is 0 Å². The molecule has 1 N–H and O–H groups in total. The Morgan fingerprint density at radius 2 is 2.32 bits per heavy atom. The van der Waals surface area contributed by atoms with Gasteiger partial charge in [0.05, 0.1) is 11.2 Å². The van der Waals surface area contributed by atoms with Crippen LogP contribution in [-0.4, -0.2) is 36.6 Å². The van der Waals surface area contributed by atoms with E-state index in [4.69, 9.17) is 0 Å². The molecule has 2 atom stereocenters. The molecule has 1 aromatic rings. The molecule has 1 fully saturated rings. The van der Waals surface area contributed by atoms with Crippen LogP contribution >= 0.6 is 11.3 Å². The normalized spacial score (nSPS) is 26.8. The van der Waals surface area contributed by atoms with E-state index in [2.05, 4.69) is 48.5 Å². The molecule has 0 aromatic carbocycles. The molecule has 1 heterocycles. The van der Waals surface area contributed by atoms with Crippen LogP contribution in [0.4, 0.5) is 0 Å². The highest BCUT2D eigenvalue weighted by Crippen LogP contribution is 2.38. The molecule has 0 amide bonds. The Morgan fingerprint density at radius 1 is 1.53 bits per heavy atom. The molecule has 0 spiro atoms. The minimum atomic E-state index is 0.499. The van der Waals surface area contributed by atoms with Gasteiger partial charge in [0.25, 0.3) is 0 Å². The minimum absolute atomic E-state index is 0.499. The summed E-state index contributed by atoms with van der Waals surface area (Å²) in [7, 11) is 4.32. The summed E-state index contributed by atoms with van der Waals surface area (Å²) in [5.41, 5.74) is 3.62. The average molecular weight is 281 g/mol. The lowest BCUT2D eigenvalue weighted by Crippen LogP contribution is -2.45. The molecule has 19 heavy (non-hydrogen) atoms. The zero-order chi connectivity index (χ0) is 13.9. The monoisotopic (exact) mass is 281 g/mol. The summed E-state index contributed by atoms with van der Waals surface area (Å²) in [5, 5.41) is 5.67. The molecule has 1 aliphatic carbocycles. The predicted octanol–water partition coefficient (Wildman–Crippen LogP) is 2.99. The maximum absolute atomic E-state index is 4.38. The first-order valence-electron chi connectivity index (χ1n) is 7.23. The van der Waals surface area contributed by atoms with Crippen molar-refractivity contribution in [1.29, 1.82) is 0 Å². The number of rotatable bonds is 5. The van der Waals surface area contributed by atoms with Crippen molar-refractivity contribution >= 4 is 11.3 Å². The van der Waals surface area contributed by atoms with E-state index < -0.39 is 0 Å². The van der Waals surface area contributed by atoms with Crippen molar-refractivity contribution in [2.45, 2.75) is 45.7 Å². The Morgan fingerprint density at radius 3 is 2.95 bits per heavy atom. The van der Waals surface area contributed by atoms with E-state index in [-0.39, 0.29) is 0 Å². The van der Waals surface area contributed by atoms with Crippen LogP contribution in [0.25, 0.3) is 0 Å². The lowest BCUT2D eigenvalue weighted by Gasteiger charge is -2.42. The van der Waals surface area contributed by atoms with Crippen molar-refractivity contribution in [3.05, 3.63) is 16.6 Å². The fraction of sp³-hybridized carbons (Fsp3) is 0.800. The smallest absolute Gasteiger partial charge is 0.0795 e. The quantitative estimate of drug-likeness (QED) is 0.899. The van der Waals surface area contributed by atoms with Crippen LogP contribution in [-0.2, 0) is 6.54 Å². The minimum Gasteiger partial charge on any atom is -0.317 e. The third-order valence-electron chi connectivity index (χ3n) is 4.35. The fourth-order valence-corrected chi connectivity index (χ4v) is 3.91. The molecule has 0 saturated heterocycles. The third kappa shape index (κ3) is 4.26. The van der Waals surface area contributed by atoms with E-state index in [1.165, 1.54) is 25.0 Å². The zero-order valence-electron chi connectivity index (χ0n) is 12.6. The number of nitrogens with one attached hydrogen (secondary N) is 1. The van der Waals surface area contributed by atoms with Crippen molar-refractivity contribution < 1.29 is 0 Å². The van der Waals surface area contributed by atoms with Crippen LogP contribution in [0, 0.1) is 11.3 Å². The Labute approximate surface area is 121 Å². The van der Waals surface area contributed by atoms with Gasteiger partial charge in [-0.25, -0.2) is 4.98 Å². The molecule has 4 heteroatoms. The summed E-state index contributed by atoms with van der Waals surface area (Å²) < 4.78 is 0. The largest absolute Gasteiger partial charge is 0.317 e. The van der Waals surface area contributed by atoms with Gasteiger partial charge in [-0.15, -0.1) is 11.3 Å². The molecule has 108 valence electrons. The SMILES string of the molecule is CNC1CCC(C)(C)CC1CN(C)Cc1cscn1. The van der Waals surface area contributed by atoms with Crippen LogP contribution < -0.4 is 5.32 Å². The van der Waals surface area contributed by atoms with E-state index in [1.807, 2.05) is 5.51 Å². The van der Waals surface area contributed by atoms with Gasteiger partial charge in [-0.05, 0) is 44.7 Å². The fourth-order valence-electron chi connectivity index (χ4n) is 3.36. The highest BCUT2D eigenvalue weighted by Gasteiger charge is 2.34. The first kappa shape index (κ1) is 14.9. The summed E-state index contributed by atoms with van der Waals surface area (Å²) >= 11 is 1.68. The molecule has 0 aliphatic heterocycles. The van der Waals surface area contributed by atoms with Crippen LogP contribution in [0.3, 0.4) is 0 Å². The number of hydrogen-bond acceptors (Lipinski definition) is 4. The van der Waals surface area contributed by atoms with Crippen molar-refractivity contribution in [2.75, 3.05) is 20.6 Å².